The maximum Gasteiger partial charge on any atom is 0.272 e. The molecular formula is C18H19ClF2N6O. The van der Waals surface area contributed by atoms with Crippen LogP contribution in [0.2, 0.25) is 5.02 Å². The van der Waals surface area contributed by atoms with E-state index in [-0.39, 0.29) is 18.7 Å². The van der Waals surface area contributed by atoms with Crippen molar-refractivity contribution in [2.75, 3.05) is 6.54 Å². The van der Waals surface area contributed by atoms with Crippen molar-refractivity contribution < 1.29 is 13.6 Å². The first-order chi connectivity index (χ1) is 13.3. The Bertz CT molecular complexity index is 996. The van der Waals surface area contributed by atoms with Crippen LogP contribution in [0.4, 0.5) is 8.78 Å². The quantitative estimate of drug-likeness (QED) is 0.653. The van der Waals surface area contributed by atoms with Crippen molar-refractivity contribution in [1.29, 1.82) is 0 Å². The van der Waals surface area contributed by atoms with Crippen LogP contribution in [0.1, 0.15) is 21.7 Å². The van der Waals surface area contributed by atoms with E-state index in [2.05, 4.69) is 15.5 Å². The number of benzene rings is 1. The van der Waals surface area contributed by atoms with Crippen LogP contribution in [0.15, 0.2) is 30.5 Å². The first kappa shape index (κ1) is 20.0. The highest BCUT2D eigenvalue weighted by Gasteiger charge is 2.20. The number of halogens is 3. The van der Waals surface area contributed by atoms with Gasteiger partial charge in [0.25, 0.3) is 5.91 Å². The lowest BCUT2D eigenvalue weighted by molar-refractivity contribution is 0.0932. The Labute approximate surface area is 165 Å². The van der Waals surface area contributed by atoms with Crippen molar-refractivity contribution in [2.45, 2.75) is 19.4 Å². The maximum absolute atomic E-state index is 13.4. The maximum atomic E-state index is 13.4. The molecule has 0 fully saturated rings. The fourth-order valence-electron chi connectivity index (χ4n) is 2.85. The van der Waals surface area contributed by atoms with E-state index in [1.54, 1.807) is 24.7 Å². The van der Waals surface area contributed by atoms with E-state index in [9.17, 15) is 13.6 Å². The molecule has 0 radical (unpaired) electrons. The van der Waals surface area contributed by atoms with Gasteiger partial charge in [-0.25, -0.2) is 18.1 Å². The molecule has 1 aromatic carbocycles. The first-order valence-corrected chi connectivity index (χ1v) is 8.87. The molecule has 10 heteroatoms. The zero-order valence-corrected chi connectivity index (χ0v) is 16.0. The van der Waals surface area contributed by atoms with Crippen LogP contribution in [-0.2, 0) is 13.5 Å². The van der Waals surface area contributed by atoms with Crippen molar-refractivity contribution in [3.63, 3.8) is 0 Å². The number of carbonyl (C=O) groups excluding carboxylic acids is 1. The van der Waals surface area contributed by atoms with E-state index >= 15 is 0 Å². The molecule has 0 aliphatic heterocycles. The third kappa shape index (κ3) is 4.05. The minimum Gasteiger partial charge on any atom is -0.346 e. The second-order valence-corrected chi connectivity index (χ2v) is 6.79. The minimum atomic E-state index is -0.943. The summed E-state index contributed by atoms with van der Waals surface area (Å²) in [4.78, 5) is 12.6. The normalized spacial score (nSPS) is 12.2. The standard InChI is InChI=1S/C18H19ClF2N6O/c1-10-5-16(25-27(10)18-13(19)9-23-26(18)2)17(28)24-12(8-22)6-11-3-4-14(20)15(21)7-11/h3-5,7,9,12H,6,8,22H2,1-2H3,(H,24,28). The number of aryl methyl sites for hydroxylation is 2. The smallest absolute Gasteiger partial charge is 0.272 e. The van der Waals surface area contributed by atoms with Gasteiger partial charge in [0, 0.05) is 25.3 Å². The Morgan fingerprint density at radius 1 is 1.32 bits per heavy atom. The van der Waals surface area contributed by atoms with Gasteiger partial charge in [-0.2, -0.15) is 10.2 Å². The topological polar surface area (TPSA) is 90.8 Å². The zero-order chi connectivity index (χ0) is 20.4. The Kier molecular flexibility index (Phi) is 5.76. The van der Waals surface area contributed by atoms with Crippen molar-refractivity contribution in [3.05, 3.63) is 64.1 Å². The molecule has 28 heavy (non-hydrogen) atoms. The Morgan fingerprint density at radius 3 is 2.68 bits per heavy atom. The molecule has 148 valence electrons. The lowest BCUT2D eigenvalue weighted by atomic mass is 10.1. The van der Waals surface area contributed by atoms with Gasteiger partial charge >= 0.3 is 0 Å². The van der Waals surface area contributed by atoms with Gasteiger partial charge in [0.15, 0.2) is 23.1 Å². The molecule has 0 saturated carbocycles. The third-order valence-corrected chi connectivity index (χ3v) is 4.54. The summed E-state index contributed by atoms with van der Waals surface area (Å²) in [6.45, 7) is 1.91. The molecule has 3 N–H and O–H groups in total. The van der Waals surface area contributed by atoms with Crippen LogP contribution in [0.5, 0.6) is 0 Å². The van der Waals surface area contributed by atoms with Gasteiger partial charge in [-0.15, -0.1) is 0 Å². The highest BCUT2D eigenvalue weighted by molar-refractivity contribution is 6.32. The molecule has 0 saturated heterocycles. The Morgan fingerprint density at radius 2 is 2.07 bits per heavy atom. The third-order valence-electron chi connectivity index (χ3n) is 4.27. The van der Waals surface area contributed by atoms with Crippen LogP contribution >= 0.6 is 11.6 Å². The second kappa shape index (κ2) is 8.07. The van der Waals surface area contributed by atoms with E-state index in [0.29, 0.717) is 22.1 Å². The molecule has 0 spiro atoms. The van der Waals surface area contributed by atoms with E-state index in [0.717, 1.165) is 12.1 Å². The van der Waals surface area contributed by atoms with E-state index in [1.165, 1.54) is 16.9 Å². The molecule has 3 rings (SSSR count). The van der Waals surface area contributed by atoms with Gasteiger partial charge in [0.05, 0.1) is 6.20 Å². The number of nitrogens with two attached hydrogens (primary N) is 1. The fourth-order valence-corrected chi connectivity index (χ4v) is 3.09. The molecule has 0 bridgehead atoms. The molecule has 7 nitrogen and oxygen atoms in total. The van der Waals surface area contributed by atoms with Gasteiger partial charge < -0.3 is 11.1 Å². The molecule has 1 unspecified atom stereocenters. The predicted octanol–water partition coefficient (Wildman–Crippen LogP) is 2.15. The van der Waals surface area contributed by atoms with Crippen molar-refractivity contribution >= 4 is 17.5 Å². The molecule has 1 atom stereocenters. The van der Waals surface area contributed by atoms with Gasteiger partial charge in [0.2, 0.25) is 0 Å². The molecule has 0 aliphatic carbocycles. The summed E-state index contributed by atoms with van der Waals surface area (Å²) in [7, 11) is 1.72. The zero-order valence-electron chi connectivity index (χ0n) is 15.3. The Hall–Kier alpha value is -2.78. The minimum absolute atomic E-state index is 0.123. The van der Waals surface area contributed by atoms with E-state index in [4.69, 9.17) is 17.3 Å². The van der Waals surface area contributed by atoms with Crippen LogP contribution < -0.4 is 11.1 Å². The summed E-state index contributed by atoms with van der Waals surface area (Å²) in [6, 6.07) is 4.74. The van der Waals surface area contributed by atoms with Gasteiger partial charge in [-0.1, -0.05) is 17.7 Å². The summed E-state index contributed by atoms with van der Waals surface area (Å²) in [5.74, 6) is -1.76. The summed E-state index contributed by atoms with van der Waals surface area (Å²) >= 11 is 6.14. The summed E-state index contributed by atoms with van der Waals surface area (Å²) in [5, 5.41) is 11.5. The van der Waals surface area contributed by atoms with Crippen LogP contribution in [-0.4, -0.2) is 38.1 Å². The number of rotatable bonds is 6. The van der Waals surface area contributed by atoms with E-state index < -0.39 is 23.6 Å². The summed E-state index contributed by atoms with van der Waals surface area (Å²) < 4.78 is 29.5. The molecule has 0 aliphatic rings. The van der Waals surface area contributed by atoms with Crippen LogP contribution in [0.3, 0.4) is 0 Å². The van der Waals surface area contributed by atoms with Crippen molar-refractivity contribution in [2.24, 2.45) is 12.8 Å². The monoisotopic (exact) mass is 408 g/mol. The lowest BCUT2D eigenvalue weighted by Gasteiger charge is -2.16. The molecule has 3 aromatic rings. The van der Waals surface area contributed by atoms with Crippen molar-refractivity contribution in [3.8, 4) is 5.82 Å². The fraction of sp³-hybridized carbons (Fsp3) is 0.278. The molecule has 2 aromatic heterocycles. The number of nitrogens with one attached hydrogen (secondary N) is 1. The Balaban J connectivity index is 1.76. The number of amides is 1. The second-order valence-electron chi connectivity index (χ2n) is 6.38. The highest BCUT2D eigenvalue weighted by atomic mass is 35.5. The molecular weight excluding hydrogens is 390 g/mol. The summed E-state index contributed by atoms with van der Waals surface area (Å²) in [6.07, 6.45) is 1.75. The lowest BCUT2D eigenvalue weighted by Crippen LogP contribution is -2.42. The van der Waals surface area contributed by atoms with Crippen molar-refractivity contribution in [1.82, 2.24) is 24.9 Å². The first-order valence-electron chi connectivity index (χ1n) is 8.49. The highest BCUT2D eigenvalue weighted by Crippen LogP contribution is 2.20. The largest absolute Gasteiger partial charge is 0.346 e. The van der Waals surface area contributed by atoms with Gasteiger partial charge in [0.1, 0.15) is 5.02 Å². The number of nitrogens with zero attached hydrogens (tertiary/aromatic N) is 4. The number of aromatic nitrogens is 4. The average molecular weight is 409 g/mol. The average Bonchev–Trinajstić information content (AvgIpc) is 3.19. The number of hydrogen-bond donors (Lipinski definition) is 2. The molecule has 1 amide bonds. The van der Waals surface area contributed by atoms with Gasteiger partial charge in [-0.3, -0.25) is 4.79 Å². The summed E-state index contributed by atoms with van der Waals surface area (Å²) in [5.41, 5.74) is 7.13. The van der Waals surface area contributed by atoms with Crippen LogP contribution in [0, 0.1) is 18.6 Å². The molecule has 2 heterocycles. The SMILES string of the molecule is Cc1cc(C(=O)NC(CN)Cc2ccc(F)c(F)c2)nn1-c1c(Cl)cnn1C. The number of hydrogen-bond acceptors (Lipinski definition) is 4. The predicted molar refractivity (Wildman–Crippen MR) is 100 cm³/mol. The van der Waals surface area contributed by atoms with E-state index in [1.807, 2.05) is 0 Å². The van der Waals surface area contributed by atoms with Gasteiger partial charge in [-0.05, 0) is 37.1 Å². The van der Waals surface area contributed by atoms with Crippen LogP contribution in [0.25, 0.3) is 5.82 Å². The number of carbonyl (C=O) groups is 1.